The lowest BCUT2D eigenvalue weighted by atomic mass is 9.90. The predicted molar refractivity (Wildman–Crippen MR) is 140 cm³/mol. The molecule has 1 unspecified atom stereocenters. The van der Waals surface area contributed by atoms with Gasteiger partial charge in [0.15, 0.2) is 0 Å². The molecule has 2 aromatic carbocycles. The SMILES string of the molecule is CCN(CC)C1CCN(C(C)c2cc(-c3ccc4ccccc4c3)nc3c2CCC=C3)CC1. The van der Waals surface area contributed by atoms with Crippen LogP contribution in [0.15, 0.2) is 54.6 Å². The van der Waals surface area contributed by atoms with E-state index < -0.39 is 0 Å². The molecule has 3 aromatic rings. The van der Waals surface area contributed by atoms with Crippen molar-refractivity contribution in [3.63, 3.8) is 0 Å². The van der Waals surface area contributed by atoms with Gasteiger partial charge in [-0.3, -0.25) is 4.90 Å². The normalized spacial score (nSPS) is 18.1. The van der Waals surface area contributed by atoms with Crippen LogP contribution in [0.2, 0.25) is 0 Å². The van der Waals surface area contributed by atoms with Gasteiger partial charge in [0.1, 0.15) is 0 Å². The number of allylic oxidation sites excluding steroid dienone is 1. The maximum absolute atomic E-state index is 5.12. The lowest BCUT2D eigenvalue weighted by Crippen LogP contribution is -2.45. The molecule has 2 heterocycles. The van der Waals surface area contributed by atoms with Gasteiger partial charge in [-0.15, -0.1) is 0 Å². The van der Waals surface area contributed by atoms with Crippen LogP contribution in [-0.4, -0.2) is 47.0 Å². The van der Waals surface area contributed by atoms with Crippen molar-refractivity contribution in [2.24, 2.45) is 0 Å². The zero-order valence-corrected chi connectivity index (χ0v) is 20.4. The average molecular weight is 440 g/mol. The van der Waals surface area contributed by atoms with E-state index in [0.29, 0.717) is 6.04 Å². The van der Waals surface area contributed by atoms with E-state index >= 15 is 0 Å². The smallest absolute Gasteiger partial charge is 0.0713 e. The second kappa shape index (κ2) is 9.79. The summed E-state index contributed by atoms with van der Waals surface area (Å²) in [6.45, 7) is 11.7. The van der Waals surface area contributed by atoms with E-state index in [1.54, 1.807) is 0 Å². The van der Waals surface area contributed by atoms with Crippen LogP contribution in [0, 0.1) is 0 Å². The molecule has 1 aliphatic carbocycles. The third kappa shape index (κ3) is 4.49. The molecule has 1 aromatic heterocycles. The number of benzene rings is 2. The molecule has 33 heavy (non-hydrogen) atoms. The summed E-state index contributed by atoms with van der Waals surface area (Å²) in [5.74, 6) is 0. The molecule has 3 nitrogen and oxygen atoms in total. The van der Waals surface area contributed by atoms with Gasteiger partial charge in [-0.2, -0.15) is 0 Å². The Morgan fingerprint density at radius 2 is 1.76 bits per heavy atom. The molecular weight excluding hydrogens is 402 g/mol. The van der Waals surface area contributed by atoms with Crippen LogP contribution in [0.3, 0.4) is 0 Å². The molecule has 3 heteroatoms. The second-order valence-corrected chi connectivity index (χ2v) is 9.63. The maximum Gasteiger partial charge on any atom is 0.0713 e. The van der Waals surface area contributed by atoms with Crippen molar-refractivity contribution >= 4 is 16.8 Å². The van der Waals surface area contributed by atoms with Gasteiger partial charge in [0.05, 0.1) is 11.4 Å². The minimum absolute atomic E-state index is 0.421. The van der Waals surface area contributed by atoms with Gasteiger partial charge in [-0.25, -0.2) is 4.98 Å². The van der Waals surface area contributed by atoms with Crippen LogP contribution in [-0.2, 0) is 6.42 Å². The van der Waals surface area contributed by atoms with Crippen LogP contribution in [0.1, 0.15) is 62.9 Å². The van der Waals surface area contributed by atoms with Crippen LogP contribution in [0.5, 0.6) is 0 Å². The number of hydrogen-bond donors (Lipinski definition) is 0. The number of aromatic nitrogens is 1. The number of likely N-dealkylation sites (tertiary alicyclic amines) is 1. The molecule has 1 fully saturated rings. The molecule has 2 aliphatic rings. The van der Waals surface area contributed by atoms with E-state index in [4.69, 9.17) is 4.98 Å². The topological polar surface area (TPSA) is 19.4 Å². The van der Waals surface area contributed by atoms with Gasteiger partial charge < -0.3 is 4.90 Å². The Hall–Kier alpha value is -2.49. The summed E-state index contributed by atoms with van der Waals surface area (Å²) < 4.78 is 0. The average Bonchev–Trinajstić information content (AvgIpc) is 2.88. The largest absolute Gasteiger partial charge is 0.301 e. The molecule has 0 saturated carbocycles. The Morgan fingerprint density at radius 3 is 2.52 bits per heavy atom. The van der Waals surface area contributed by atoms with Gasteiger partial charge in [-0.1, -0.05) is 56.3 Å². The fourth-order valence-electron chi connectivity index (χ4n) is 5.89. The van der Waals surface area contributed by atoms with Crippen LogP contribution >= 0.6 is 0 Å². The molecule has 1 atom stereocenters. The molecule has 5 rings (SSSR count). The first-order chi connectivity index (χ1) is 16.2. The Bertz CT molecular complexity index is 1140. The number of pyridine rings is 1. The highest BCUT2D eigenvalue weighted by molar-refractivity contribution is 5.87. The fraction of sp³-hybridized carbons (Fsp3) is 0.433. The summed E-state index contributed by atoms with van der Waals surface area (Å²) in [5.41, 5.74) is 6.43. The molecule has 1 aliphatic heterocycles. The van der Waals surface area contributed by atoms with Crippen molar-refractivity contribution in [2.75, 3.05) is 26.2 Å². The van der Waals surface area contributed by atoms with Crippen molar-refractivity contribution < 1.29 is 0 Å². The molecule has 0 spiro atoms. The third-order valence-corrected chi connectivity index (χ3v) is 7.90. The van der Waals surface area contributed by atoms with Crippen molar-refractivity contribution in [1.29, 1.82) is 0 Å². The predicted octanol–water partition coefficient (Wildman–Crippen LogP) is 6.73. The van der Waals surface area contributed by atoms with Gasteiger partial charge in [-0.05, 0) is 85.8 Å². The second-order valence-electron chi connectivity index (χ2n) is 9.63. The Morgan fingerprint density at radius 1 is 1.00 bits per heavy atom. The summed E-state index contributed by atoms with van der Waals surface area (Å²) in [5, 5.41) is 2.56. The van der Waals surface area contributed by atoms with Crippen molar-refractivity contribution in [1.82, 2.24) is 14.8 Å². The van der Waals surface area contributed by atoms with E-state index in [-0.39, 0.29) is 0 Å². The number of fused-ring (bicyclic) bond motifs is 2. The maximum atomic E-state index is 5.12. The zero-order chi connectivity index (χ0) is 22.8. The van der Waals surface area contributed by atoms with Gasteiger partial charge in [0.2, 0.25) is 0 Å². The molecule has 0 amide bonds. The monoisotopic (exact) mass is 439 g/mol. The lowest BCUT2D eigenvalue weighted by Gasteiger charge is -2.41. The van der Waals surface area contributed by atoms with Crippen LogP contribution in [0.4, 0.5) is 0 Å². The number of hydrogen-bond acceptors (Lipinski definition) is 3. The summed E-state index contributed by atoms with van der Waals surface area (Å²) in [4.78, 5) is 10.5. The number of piperidine rings is 1. The molecule has 172 valence electrons. The summed E-state index contributed by atoms with van der Waals surface area (Å²) in [6.07, 6.45) is 9.30. The highest BCUT2D eigenvalue weighted by Crippen LogP contribution is 2.35. The van der Waals surface area contributed by atoms with E-state index in [1.807, 2.05) is 0 Å². The molecular formula is C30H37N3. The standard InChI is InChI=1S/C30H37N3/c1-4-32(5-2)26-16-18-33(19-17-26)22(3)28-21-30(31-29-13-9-8-12-27(28)29)25-15-14-23-10-6-7-11-24(23)20-25/h6-7,9-11,13-15,20-22,26H,4-5,8,12,16-19H2,1-3H3. The first kappa shape index (κ1) is 22.3. The number of nitrogens with zero attached hydrogens (tertiary/aromatic N) is 3. The lowest BCUT2D eigenvalue weighted by molar-refractivity contribution is 0.0936. The van der Waals surface area contributed by atoms with Gasteiger partial charge in [0.25, 0.3) is 0 Å². The Kier molecular flexibility index (Phi) is 6.62. The molecule has 0 N–H and O–H groups in total. The molecule has 0 radical (unpaired) electrons. The van der Waals surface area contributed by atoms with E-state index in [1.165, 1.54) is 59.1 Å². The van der Waals surface area contributed by atoms with Crippen molar-refractivity contribution in [2.45, 2.75) is 58.5 Å². The van der Waals surface area contributed by atoms with E-state index in [9.17, 15) is 0 Å². The zero-order valence-electron chi connectivity index (χ0n) is 20.4. The molecule has 0 bridgehead atoms. The van der Waals surface area contributed by atoms with Crippen molar-refractivity contribution in [3.05, 3.63) is 71.4 Å². The third-order valence-electron chi connectivity index (χ3n) is 7.90. The summed E-state index contributed by atoms with van der Waals surface area (Å²) in [7, 11) is 0. The van der Waals surface area contributed by atoms with E-state index in [2.05, 4.69) is 91.3 Å². The van der Waals surface area contributed by atoms with Gasteiger partial charge >= 0.3 is 0 Å². The summed E-state index contributed by atoms with van der Waals surface area (Å²) in [6, 6.07) is 18.9. The van der Waals surface area contributed by atoms with E-state index in [0.717, 1.165) is 37.7 Å². The molecule has 1 saturated heterocycles. The van der Waals surface area contributed by atoms with Crippen molar-refractivity contribution in [3.8, 4) is 11.3 Å². The quantitative estimate of drug-likeness (QED) is 0.424. The van der Waals surface area contributed by atoms with Crippen LogP contribution in [0.25, 0.3) is 28.1 Å². The van der Waals surface area contributed by atoms with Gasteiger partial charge in [0, 0.05) is 30.7 Å². The first-order valence-corrected chi connectivity index (χ1v) is 12.9. The Balaban J connectivity index is 1.46. The Labute approximate surface area is 199 Å². The van der Waals surface area contributed by atoms with Crippen LogP contribution < -0.4 is 0 Å². The fourth-order valence-corrected chi connectivity index (χ4v) is 5.89. The number of rotatable bonds is 6. The minimum Gasteiger partial charge on any atom is -0.301 e. The highest BCUT2D eigenvalue weighted by atomic mass is 15.2. The minimum atomic E-state index is 0.421. The first-order valence-electron chi connectivity index (χ1n) is 12.9. The summed E-state index contributed by atoms with van der Waals surface area (Å²) >= 11 is 0. The highest BCUT2D eigenvalue weighted by Gasteiger charge is 2.28.